The molecule has 1 amide bonds. The Morgan fingerprint density at radius 2 is 1.88 bits per heavy atom. The fourth-order valence-electron chi connectivity index (χ4n) is 3.04. The lowest BCUT2D eigenvalue weighted by Crippen LogP contribution is -2.33. The molecule has 26 heavy (non-hydrogen) atoms. The third-order valence-corrected chi connectivity index (χ3v) is 4.19. The maximum atomic E-state index is 12.4. The molecule has 3 rings (SSSR count). The summed E-state index contributed by atoms with van der Waals surface area (Å²) in [6.45, 7) is 6.34. The first-order valence-electron chi connectivity index (χ1n) is 8.40. The van der Waals surface area contributed by atoms with Gasteiger partial charge in [0.2, 0.25) is 0 Å². The van der Waals surface area contributed by atoms with Gasteiger partial charge in [-0.1, -0.05) is 12.1 Å². The second-order valence-corrected chi connectivity index (χ2v) is 7.35. The van der Waals surface area contributed by atoms with Crippen LogP contribution in [-0.4, -0.2) is 22.9 Å². The Bertz CT molecular complexity index is 903. The fourth-order valence-corrected chi connectivity index (χ4v) is 3.04. The zero-order valence-electron chi connectivity index (χ0n) is 15.1. The van der Waals surface area contributed by atoms with E-state index in [0.717, 1.165) is 28.5 Å². The number of nitrogens with zero attached hydrogens (tertiary/aromatic N) is 2. The summed E-state index contributed by atoms with van der Waals surface area (Å²) in [4.78, 5) is 25.4. The van der Waals surface area contributed by atoms with Crippen LogP contribution in [0.3, 0.4) is 0 Å². The highest BCUT2D eigenvalue weighted by Gasteiger charge is 2.29. The van der Waals surface area contributed by atoms with Crippen LogP contribution >= 0.6 is 0 Å². The molecule has 132 valence electrons. The van der Waals surface area contributed by atoms with E-state index in [1.807, 2.05) is 45.0 Å². The van der Waals surface area contributed by atoms with Crippen LogP contribution in [0.2, 0.25) is 0 Å². The predicted molar refractivity (Wildman–Crippen MR) is 97.5 cm³/mol. The molecule has 2 aromatic carbocycles. The van der Waals surface area contributed by atoms with Crippen molar-refractivity contribution in [1.29, 1.82) is 5.26 Å². The van der Waals surface area contributed by atoms with E-state index in [1.165, 1.54) is 0 Å². The third-order valence-electron chi connectivity index (χ3n) is 4.19. The molecule has 0 aromatic heterocycles. The third kappa shape index (κ3) is 3.60. The van der Waals surface area contributed by atoms with Crippen molar-refractivity contribution in [2.24, 2.45) is 0 Å². The van der Waals surface area contributed by atoms with Crippen molar-refractivity contribution in [3.8, 4) is 17.2 Å². The normalized spacial score (nSPS) is 13.1. The number of benzene rings is 2. The Labute approximate surface area is 152 Å². The van der Waals surface area contributed by atoms with Gasteiger partial charge < -0.3 is 4.74 Å². The predicted octanol–water partition coefficient (Wildman–Crippen LogP) is 4.29. The van der Waals surface area contributed by atoms with Crippen molar-refractivity contribution in [1.82, 2.24) is 4.90 Å². The average Bonchev–Trinajstić information content (AvgIpc) is 3.03. The van der Waals surface area contributed by atoms with Gasteiger partial charge in [0.15, 0.2) is 0 Å². The highest BCUT2D eigenvalue weighted by Crippen LogP contribution is 2.34. The number of ether oxygens (including phenoxy) is 1. The molecule has 0 aliphatic carbocycles. The molecule has 5 nitrogen and oxygen atoms in total. The van der Waals surface area contributed by atoms with E-state index in [4.69, 9.17) is 10.00 Å². The fraction of sp³-hybridized carbons (Fsp3) is 0.286. The number of amides is 1. The van der Waals surface area contributed by atoms with Crippen molar-refractivity contribution in [2.45, 2.75) is 39.5 Å². The van der Waals surface area contributed by atoms with E-state index in [0.29, 0.717) is 24.2 Å². The Kier molecular flexibility index (Phi) is 4.52. The minimum Gasteiger partial charge on any atom is -0.444 e. The first-order chi connectivity index (χ1) is 12.3. The lowest BCUT2D eigenvalue weighted by atomic mass is 9.94. The maximum absolute atomic E-state index is 12.4. The van der Waals surface area contributed by atoms with Crippen LogP contribution in [0.4, 0.5) is 4.79 Å². The van der Waals surface area contributed by atoms with E-state index in [2.05, 4.69) is 6.07 Å². The number of fused-ring (bicyclic) bond motifs is 1. The first kappa shape index (κ1) is 17.7. The molecule has 0 atom stereocenters. The van der Waals surface area contributed by atoms with Crippen LogP contribution in [-0.2, 0) is 17.8 Å². The summed E-state index contributed by atoms with van der Waals surface area (Å²) in [7, 11) is 0. The molecule has 1 aliphatic rings. The smallest absolute Gasteiger partial charge is 0.410 e. The van der Waals surface area contributed by atoms with Crippen LogP contribution < -0.4 is 0 Å². The lowest BCUT2D eigenvalue weighted by Gasteiger charge is -2.24. The summed E-state index contributed by atoms with van der Waals surface area (Å²) in [5.41, 5.74) is 4.35. The highest BCUT2D eigenvalue weighted by atomic mass is 16.6. The Morgan fingerprint density at radius 3 is 2.46 bits per heavy atom. The molecule has 5 heteroatoms. The largest absolute Gasteiger partial charge is 0.444 e. The molecule has 1 aliphatic heterocycles. The van der Waals surface area contributed by atoms with E-state index >= 15 is 0 Å². The summed E-state index contributed by atoms with van der Waals surface area (Å²) < 4.78 is 5.47. The van der Waals surface area contributed by atoms with Gasteiger partial charge in [-0.3, -0.25) is 9.69 Å². The van der Waals surface area contributed by atoms with Crippen LogP contribution in [0.25, 0.3) is 11.1 Å². The number of rotatable bonds is 2. The average molecular weight is 348 g/mol. The molecule has 0 bridgehead atoms. The van der Waals surface area contributed by atoms with Crippen molar-refractivity contribution < 1.29 is 14.3 Å². The highest BCUT2D eigenvalue weighted by molar-refractivity contribution is 5.82. The van der Waals surface area contributed by atoms with Crippen molar-refractivity contribution in [3.05, 3.63) is 58.7 Å². The molecule has 0 fully saturated rings. The first-order valence-corrected chi connectivity index (χ1v) is 8.40. The SMILES string of the molecule is CC(C)(C)OC(=O)N1Cc2cc(C=O)cc(-c3ccc(C#N)cc3)c2C1. The second-order valence-electron chi connectivity index (χ2n) is 7.35. The molecule has 2 aromatic rings. The zero-order valence-corrected chi connectivity index (χ0v) is 15.1. The molecular weight excluding hydrogens is 328 g/mol. The Balaban J connectivity index is 1.97. The number of hydrogen-bond donors (Lipinski definition) is 0. The van der Waals surface area contributed by atoms with Crippen LogP contribution in [0, 0.1) is 11.3 Å². The van der Waals surface area contributed by atoms with Gasteiger partial charge in [-0.05, 0) is 67.3 Å². The molecular formula is C21H20N2O3. The van der Waals surface area contributed by atoms with Crippen molar-refractivity contribution >= 4 is 12.4 Å². The minimum absolute atomic E-state index is 0.368. The molecule has 0 radical (unpaired) electrons. The quantitative estimate of drug-likeness (QED) is 0.759. The summed E-state index contributed by atoms with van der Waals surface area (Å²) in [6.07, 6.45) is 0.441. The van der Waals surface area contributed by atoms with Gasteiger partial charge in [-0.2, -0.15) is 5.26 Å². The van der Waals surface area contributed by atoms with E-state index in [-0.39, 0.29) is 6.09 Å². The topological polar surface area (TPSA) is 70.4 Å². The summed E-state index contributed by atoms with van der Waals surface area (Å²) in [5, 5.41) is 8.97. The summed E-state index contributed by atoms with van der Waals surface area (Å²) >= 11 is 0. The lowest BCUT2D eigenvalue weighted by molar-refractivity contribution is 0.0242. The minimum atomic E-state index is -0.560. The van der Waals surface area contributed by atoms with Gasteiger partial charge in [-0.25, -0.2) is 4.79 Å². The summed E-state index contributed by atoms with van der Waals surface area (Å²) in [5.74, 6) is 0. The molecule has 0 spiro atoms. The molecule has 0 saturated heterocycles. The van der Waals surface area contributed by atoms with Gasteiger partial charge >= 0.3 is 6.09 Å². The number of carbonyl (C=O) groups is 2. The van der Waals surface area contributed by atoms with Gasteiger partial charge in [0.05, 0.1) is 18.2 Å². The van der Waals surface area contributed by atoms with Crippen molar-refractivity contribution in [3.63, 3.8) is 0 Å². The maximum Gasteiger partial charge on any atom is 0.410 e. The standard InChI is InChI=1S/C21H20N2O3/c1-21(2,3)26-20(25)23-11-17-8-15(13-24)9-18(19(17)12-23)16-6-4-14(10-22)5-7-16/h4-9,13H,11-12H2,1-3H3. The van der Waals surface area contributed by atoms with Crippen LogP contribution in [0.15, 0.2) is 36.4 Å². The number of carbonyl (C=O) groups excluding carboxylic acids is 2. The molecule has 1 heterocycles. The van der Waals surface area contributed by atoms with Gasteiger partial charge in [-0.15, -0.1) is 0 Å². The molecule has 0 saturated carbocycles. The van der Waals surface area contributed by atoms with E-state index in [9.17, 15) is 9.59 Å². The Hall–Kier alpha value is -3.13. The van der Waals surface area contributed by atoms with Crippen LogP contribution in [0.5, 0.6) is 0 Å². The van der Waals surface area contributed by atoms with Gasteiger partial charge in [0.1, 0.15) is 11.9 Å². The zero-order chi connectivity index (χ0) is 18.9. The van der Waals surface area contributed by atoms with E-state index < -0.39 is 5.60 Å². The number of aldehydes is 1. The number of hydrogen-bond acceptors (Lipinski definition) is 4. The molecule has 0 N–H and O–H groups in total. The monoisotopic (exact) mass is 348 g/mol. The van der Waals surface area contributed by atoms with Gasteiger partial charge in [0, 0.05) is 12.1 Å². The Morgan fingerprint density at radius 1 is 1.19 bits per heavy atom. The van der Waals surface area contributed by atoms with Crippen molar-refractivity contribution in [2.75, 3.05) is 0 Å². The number of nitriles is 1. The summed E-state index contributed by atoms with van der Waals surface area (Å²) in [6, 6.07) is 13.0. The second kappa shape index (κ2) is 6.64. The van der Waals surface area contributed by atoms with Gasteiger partial charge in [0.25, 0.3) is 0 Å². The molecule has 0 unspecified atom stereocenters. The van der Waals surface area contributed by atoms with Crippen LogP contribution in [0.1, 0.15) is 47.8 Å². The van der Waals surface area contributed by atoms with E-state index in [1.54, 1.807) is 17.0 Å².